The number of thioether (sulfide) groups is 1. The SMILES string of the molecule is Cc1ccc(CNC(=O)c2ccccc2CSc2nc(C)cs2)cc1. The van der Waals surface area contributed by atoms with Crippen molar-refractivity contribution < 1.29 is 4.79 Å². The van der Waals surface area contributed by atoms with E-state index >= 15 is 0 Å². The van der Waals surface area contributed by atoms with Gasteiger partial charge in [-0.2, -0.15) is 0 Å². The number of rotatable bonds is 6. The van der Waals surface area contributed by atoms with E-state index in [1.807, 2.05) is 48.7 Å². The minimum absolute atomic E-state index is 0.0351. The number of nitrogens with one attached hydrogen (secondary N) is 1. The monoisotopic (exact) mass is 368 g/mol. The predicted octanol–water partition coefficient (Wildman–Crippen LogP) is 4.98. The summed E-state index contributed by atoms with van der Waals surface area (Å²) in [6.07, 6.45) is 0. The molecular weight excluding hydrogens is 348 g/mol. The van der Waals surface area contributed by atoms with Crippen LogP contribution in [0.25, 0.3) is 0 Å². The zero-order valence-electron chi connectivity index (χ0n) is 14.3. The Kier molecular flexibility index (Phi) is 5.89. The molecule has 5 heteroatoms. The number of carbonyl (C=O) groups is 1. The van der Waals surface area contributed by atoms with Crippen LogP contribution in [0.5, 0.6) is 0 Å². The molecule has 3 aromatic rings. The number of carbonyl (C=O) groups excluding carboxylic acids is 1. The Hall–Kier alpha value is -2.11. The van der Waals surface area contributed by atoms with Crippen LogP contribution in [-0.2, 0) is 12.3 Å². The molecular formula is C20H20N2OS2. The second-order valence-electron chi connectivity index (χ2n) is 5.87. The number of hydrogen-bond donors (Lipinski definition) is 1. The van der Waals surface area contributed by atoms with Gasteiger partial charge in [0.1, 0.15) is 4.34 Å². The van der Waals surface area contributed by atoms with E-state index in [1.54, 1.807) is 23.1 Å². The van der Waals surface area contributed by atoms with E-state index in [-0.39, 0.29) is 5.91 Å². The van der Waals surface area contributed by atoms with Crippen LogP contribution < -0.4 is 5.32 Å². The van der Waals surface area contributed by atoms with Gasteiger partial charge in [-0.25, -0.2) is 4.98 Å². The molecule has 0 radical (unpaired) electrons. The molecule has 0 fully saturated rings. The third-order valence-electron chi connectivity index (χ3n) is 3.78. The molecule has 25 heavy (non-hydrogen) atoms. The molecule has 0 aliphatic rings. The number of hydrogen-bond acceptors (Lipinski definition) is 4. The number of amides is 1. The van der Waals surface area contributed by atoms with Gasteiger partial charge in [-0.05, 0) is 31.0 Å². The Bertz CT molecular complexity index is 856. The highest BCUT2D eigenvalue weighted by molar-refractivity contribution is 8.00. The molecule has 0 bridgehead atoms. The van der Waals surface area contributed by atoms with Gasteiger partial charge in [-0.15, -0.1) is 11.3 Å². The summed E-state index contributed by atoms with van der Waals surface area (Å²) in [4.78, 5) is 17.1. The average Bonchev–Trinajstić information content (AvgIpc) is 3.05. The predicted molar refractivity (Wildman–Crippen MR) is 105 cm³/mol. The lowest BCUT2D eigenvalue weighted by Crippen LogP contribution is -2.23. The zero-order chi connectivity index (χ0) is 17.6. The average molecular weight is 369 g/mol. The van der Waals surface area contributed by atoms with Crippen LogP contribution in [0.4, 0.5) is 0 Å². The van der Waals surface area contributed by atoms with Crippen molar-refractivity contribution in [3.8, 4) is 0 Å². The molecule has 3 nitrogen and oxygen atoms in total. The van der Waals surface area contributed by atoms with Crippen LogP contribution in [0, 0.1) is 13.8 Å². The maximum absolute atomic E-state index is 12.6. The van der Waals surface area contributed by atoms with Gasteiger partial charge in [-0.3, -0.25) is 4.79 Å². The van der Waals surface area contributed by atoms with Gasteiger partial charge in [0.15, 0.2) is 0 Å². The maximum atomic E-state index is 12.6. The van der Waals surface area contributed by atoms with Crippen molar-refractivity contribution in [3.63, 3.8) is 0 Å². The molecule has 0 atom stereocenters. The standard InChI is InChI=1S/C20H20N2OS2/c1-14-7-9-16(10-8-14)11-21-19(23)18-6-4-3-5-17(18)13-25-20-22-15(2)12-24-20/h3-10,12H,11,13H2,1-2H3,(H,21,23). The highest BCUT2D eigenvalue weighted by Gasteiger charge is 2.11. The van der Waals surface area contributed by atoms with Gasteiger partial charge < -0.3 is 5.32 Å². The van der Waals surface area contributed by atoms with E-state index in [1.165, 1.54) is 5.56 Å². The van der Waals surface area contributed by atoms with Crippen molar-refractivity contribution in [2.45, 2.75) is 30.5 Å². The molecule has 0 saturated heterocycles. The third-order valence-corrected chi connectivity index (χ3v) is 5.97. The summed E-state index contributed by atoms with van der Waals surface area (Å²) in [5.41, 5.74) is 5.12. The van der Waals surface area contributed by atoms with Crippen LogP contribution in [0.1, 0.15) is 32.7 Å². The normalized spacial score (nSPS) is 10.6. The highest BCUT2D eigenvalue weighted by Crippen LogP contribution is 2.27. The second kappa shape index (κ2) is 8.32. The minimum Gasteiger partial charge on any atom is -0.348 e. The first-order valence-electron chi connectivity index (χ1n) is 8.08. The van der Waals surface area contributed by atoms with Crippen molar-refractivity contribution in [3.05, 3.63) is 81.9 Å². The summed E-state index contributed by atoms with van der Waals surface area (Å²) < 4.78 is 1.03. The Morgan fingerprint density at radius 3 is 2.60 bits per heavy atom. The maximum Gasteiger partial charge on any atom is 0.251 e. The van der Waals surface area contributed by atoms with Gasteiger partial charge in [0.2, 0.25) is 0 Å². The fraction of sp³-hybridized carbons (Fsp3) is 0.200. The molecule has 0 saturated carbocycles. The van der Waals surface area contributed by atoms with Gasteiger partial charge in [0.25, 0.3) is 5.91 Å². The molecule has 0 aliphatic heterocycles. The third kappa shape index (κ3) is 4.94. The van der Waals surface area contributed by atoms with Gasteiger partial charge in [-0.1, -0.05) is 59.8 Å². The number of aromatic nitrogens is 1. The summed E-state index contributed by atoms with van der Waals surface area (Å²) in [6, 6.07) is 16.0. The molecule has 1 heterocycles. The Morgan fingerprint density at radius 2 is 1.88 bits per heavy atom. The fourth-order valence-electron chi connectivity index (χ4n) is 2.39. The number of aryl methyl sites for hydroxylation is 2. The molecule has 1 N–H and O–H groups in total. The first-order valence-corrected chi connectivity index (χ1v) is 9.95. The van der Waals surface area contributed by atoms with E-state index in [0.29, 0.717) is 6.54 Å². The Labute approximate surface area is 156 Å². The molecule has 128 valence electrons. The van der Waals surface area contributed by atoms with Crippen LogP contribution in [-0.4, -0.2) is 10.9 Å². The van der Waals surface area contributed by atoms with Gasteiger partial charge >= 0.3 is 0 Å². The summed E-state index contributed by atoms with van der Waals surface area (Å²) in [6.45, 7) is 4.58. The number of nitrogens with zero attached hydrogens (tertiary/aromatic N) is 1. The minimum atomic E-state index is -0.0351. The topological polar surface area (TPSA) is 42.0 Å². The summed E-state index contributed by atoms with van der Waals surface area (Å²) in [7, 11) is 0. The molecule has 0 spiro atoms. The van der Waals surface area contributed by atoms with Gasteiger partial charge in [0, 0.05) is 28.9 Å². The first-order chi connectivity index (χ1) is 12.1. The van der Waals surface area contributed by atoms with E-state index in [2.05, 4.69) is 29.4 Å². The van der Waals surface area contributed by atoms with E-state index in [4.69, 9.17) is 0 Å². The quantitative estimate of drug-likeness (QED) is 0.624. The Morgan fingerprint density at radius 1 is 1.12 bits per heavy atom. The number of thiazole rings is 1. The van der Waals surface area contributed by atoms with E-state index in [0.717, 1.165) is 32.5 Å². The smallest absolute Gasteiger partial charge is 0.251 e. The van der Waals surface area contributed by atoms with Crippen molar-refractivity contribution in [2.75, 3.05) is 0 Å². The molecule has 1 aromatic heterocycles. The van der Waals surface area contributed by atoms with Crippen LogP contribution in [0.15, 0.2) is 58.3 Å². The lowest BCUT2D eigenvalue weighted by molar-refractivity contribution is 0.0950. The Balaban J connectivity index is 1.64. The lowest BCUT2D eigenvalue weighted by atomic mass is 10.1. The van der Waals surface area contributed by atoms with Crippen LogP contribution in [0.3, 0.4) is 0 Å². The molecule has 3 rings (SSSR count). The van der Waals surface area contributed by atoms with Crippen LogP contribution >= 0.6 is 23.1 Å². The summed E-state index contributed by atoms with van der Waals surface area (Å²) >= 11 is 3.31. The molecule has 2 aromatic carbocycles. The molecule has 0 unspecified atom stereocenters. The first kappa shape index (κ1) is 17.7. The number of benzene rings is 2. The largest absolute Gasteiger partial charge is 0.348 e. The summed E-state index contributed by atoms with van der Waals surface area (Å²) in [5.74, 6) is 0.702. The highest BCUT2D eigenvalue weighted by atomic mass is 32.2. The van der Waals surface area contributed by atoms with Gasteiger partial charge in [0.05, 0.1) is 0 Å². The van der Waals surface area contributed by atoms with E-state index in [9.17, 15) is 4.79 Å². The molecule has 0 aliphatic carbocycles. The molecule has 1 amide bonds. The summed E-state index contributed by atoms with van der Waals surface area (Å²) in [5, 5.41) is 5.06. The van der Waals surface area contributed by atoms with Crippen molar-refractivity contribution in [1.82, 2.24) is 10.3 Å². The van der Waals surface area contributed by atoms with Crippen LogP contribution in [0.2, 0.25) is 0 Å². The van der Waals surface area contributed by atoms with Crippen molar-refractivity contribution in [2.24, 2.45) is 0 Å². The van der Waals surface area contributed by atoms with E-state index < -0.39 is 0 Å². The van der Waals surface area contributed by atoms with Crippen molar-refractivity contribution in [1.29, 1.82) is 0 Å². The lowest BCUT2D eigenvalue weighted by Gasteiger charge is -2.10. The zero-order valence-corrected chi connectivity index (χ0v) is 15.9. The second-order valence-corrected chi connectivity index (χ2v) is 7.95. The van der Waals surface area contributed by atoms with Crippen molar-refractivity contribution >= 4 is 29.0 Å². The fourth-order valence-corrected chi connectivity index (χ4v) is 4.24.